The molecule has 1 aliphatic heterocycles. The SMILES string of the molecule is O=C(OCc1cccnc1)N1CCCCC1. The molecule has 1 fully saturated rings. The lowest BCUT2D eigenvalue weighted by Crippen LogP contribution is -2.35. The van der Waals surface area contributed by atoms with E-state index < -0.39 is 0 Å². The zero-order chi connectivity index (χ0) is 11.2. The molecule has 4 heteroatoms. The molecule has 1 aromatic heterocycles. The first-order valence-corrected chi connectivity index (χ1v) is 5.67. The summed E-state index contributed by atoms with van der Waals surface area (Å²) in [7, 11) is 0. The Kier molecular flexibility index (Phi) is 3.75. The number of aromatic nitrogens is 1. The van der Waals surface area contributed by atoms with Crippen LogP contribution in [-0.2, 0) is 11.3 Å². The number of nitrogens with zero attached hydrogens (tertiary/aromatic N) is 2. The van der Waals surface area contributed by atoms with E-state index in [0.717, 1.165) is 31.5 Å². The van der Waals surface area contributed by atoms with Gasteiger partial charge in [0.25, 0.3) is 0 Å². The Bertz CT molecular complexity index is 334. The second-order valence-electron chi connectivity index (χ2n) is 3.96. The quantitative estimate of drug-likeness (QED) is 0.767. The number of amides is 1. The number of carbonyl (C=O) groups is 1. The van der Waals surface area contributed by atoms with E-state index in [2.05, 4.69) is 4.98 Å². The summed E-state index contributed by atoms with van der Waals surface area (Å²) in [6.07, 6.45) is 6.60. The molecule has 0 unspecified atom stereocenters. The normalized spacial score (nSPS) is 15.9. The fraction of sp³-hybridized carbons (Fsp3) is 0.500. The van der Waals surface area contributed by atoms with Crippen molar-refractivity contribution in [2.24, 2.45) is 0 Å². The van der Waals surface area contributed by atoms with Crippen LogP contribution in [0.25, 0.3) is 0 Å². The lowest BCUT2D eigenvalue weighted by molar-refractivity contribution is 0.0894. The highest BCUT2D eigenvalue weighted by Crippen LogP contribution is 2.10. The highest BCUT2D eigenvalue weighted by molar-refractivity contribution is 5.67. The van der Waals surface area contributed by atoms with Crippen LogP contribution in [0.15, 0.2) is 24.5 Å². The highest BCUT2D eigenvalue weighted by Gasteiger charge is 2.17. The van der Waals surface area contributed by atoms with Crippen molar-refractivity contribution in [1.82, 2.24) is 9.88 Å². The minimum Gasteiger partial charge on any atom is -0.444 e. The smallest absolute Gasteiger partial charge is 0.410 e. The molecule has 2 heterocycles. The maximum absolute atomic E-state index is 11.7. The maximum Gasteiger partial charge on any atom is 0.410 e. The van der Waals surface area contributed by atoms with Gasteiger partial charge >= 0.3 is 6.09 Å². The van der Waals surface area contributed by atoms with E-state index in [1.54, 1.807) is 17.3 Å². The number of hydrogen-bond donors (Lipinski definition) is 0. The molecule has 1 saturated heterocycles. The van der Waals surface area contributed by atoms with Crippen molar-refractivity contribution >= 4 is 6.09 Å². The molecule has 0 aliphatic carbocycles. The molecule has 86 valence electrons. The molecule has 0 aromatic carbocycles. The lowest BCUT2D eigenvalue weighted by atomic mass is 10.1. The number of ether oxygens (including phenoxy) is 1. The zero-order valence-corrected chi connectivity index (χ0v) is 9.26. The Labute approximate surface area is 95.2 Å². The van der Waals surface area contributed by atoms with Crippen molar-refractivity contribution < 1.29 is 9.53 Å². The zero-order valence-electron chi connectivity index (χ0n) is 9.26. The molecule has 0 bridgehead atoms. The van der Waals surface area contributed by atoms with Gasteiger partial charge in [0.2, 0.25) is 0 Å². The molecule has 1 aliphatic rings. The molecular formula is C12H16N2O2. The third-order valence-corrected chi connectivity index (χ3v) is 2.70. The molecule has 0 atom stereocenters. The van der Waals surface area contributed by atoms with Crippen molar-refractivity contribution in [3.63, 3.8) is 0 Å². The van der Waals surface area contributed by atoms with Crippen LogP contribution in [0.2, 0.25) is 0 Å². The summed E-state index contributed by atoms with van der Waals surface area (Å²) >= 11 is 0. The number of pyridine rings is 1. The van der Waals surface area contributed by atoms with Gasteiger partial charge in [-0.1, -0.05) is 6.07 Å². The van der Waals surface area contributed by atoms with E-state index in [1.807, 2.05) is 12.1 Å². The summed E-state index contributed by atoms with van der Waals surface area (Å²) in [6.45, 7) is 1.96. The molecular weight excluding hydrogens is 204 g/mol. The number of hydrogen-bond acceptors (Lipinski definition) is 3. The van der Waals surface area contributed by atoms with Crippen LogP contribution in [0.5, 0.6) is 0 Å². The van der Waals surface area contributed by atoms with Crippen LogP contribution >= 0.6 is 0 Å². The second-order valence-corrected chi connectivity index (χ2v) is 3.96. The fourth-order valence-corrected chi connectivity index (χ4v) is 1.80. The van der Waals surface area contributed by atoms with Gasteiger partial charge in [-0.25, -0.2) is 4.79 Å². The summed E-state index contributed by atoms with van der Waals surface area (Å²) in [6, 6.07) is 3.74. The Morgan fingerprint density at radius 1 is 1.38 bits per heavy atom. The first-order valence-electron chi connectivity index (χ1n) is 5.67. The number of rotatable bonds is 2. The predicted octanol–water partition coefficient (Wildman–Crippen LogP) is 2.20. The Balaban J connectivity index is 1.79. The van der Waals surface area contributed by atoms with Gasteiger partial charge in [-0.3, -0.25) is 4.98 Å². The summed E-state index contributed by atoms with van der Waals surface area (Å²) in [5.41, 5.74) is 0.924. The van der Waals surface area contributed by atoms with Crippen molar-refractivity contribution in [3.8, 4) is 0 Å². The molecule has 1 amide bonds. The molecule has 1 aromatic rings. The van der Waals surface area contributed by atoms with Gasteiger partial charge < -0.3 is 9.64 Å². The topological polar surface area (TPSA) is 42.4 Å². The highest BCUT2D eigenvalue weighted by atomic mass is 16.6. The van der Waals surface area contributed by atoms with Crippen molar-refractivity contribution in [2.45, 2.75) is 25.9 Å². The van der Waals surface area contributed by atoms with Gasteiger partial charge in [0.15, 0.2) is 0 Å². The van der Waals surface area contributed by atoms with E-state index in [9.17, 15) is 4.79 Å². The molecule has 0 spiro atoms. The number of likely N-dealkylation sites (tertiary alicyclic amines) is 1. The average molecular weight is 220 g/mol. The van der Waals surface area contributed by atoms with Gasteiger partial charge in [-0.05, 0) is 25.3 Å². The summed E-state index contributed by atoms with van der Waals surface area (Å²) in [5.74, 6) is 0. The predicted molar refractivity (Wildman–Crippen MR) is 59.8 cm³/mol. The Morgan fingerprint density at radius 2 is 2.19 bits per heavy atom. The van der Waals surface area contributed by atoms with E-state index >= 15 is 0 Å². The molecule has 2 rings (SSSR count). The van der Waals surface area contributed by atoms with E-state index in [1.165, 1.54) is 6.42 Å². The third-order valence-electron chi connectivity index (χ3n) is 2.70. The minimum absolute atomic E-state index is 0.205. The number of piperidine rings is 1. The van der Waals surface area contributed by atoms with Gasteiger partial charge in [-0.15, -0.1) is 0 Å². The lowest BCUT2D eigenvalue weighted by Gasteiger charge is -2.25. The molecule has 4 nitrogen and oxygen atoms in total. The van der Waals surface area contributed by atoms with E-state index in [4.69, 9.17) is 4.74 Å². The standard InChI is InChI=1S/C12H16N2O2/c15-12(14-7-2-1-3-8-14)16-10-11-5-4-6-13-9-11/h4-6,9H,1-3,7-8,10H2. The van der Waals surface area contributed by atoms with Gasteiger partial charge in [0.1, 0.15) is 6.61 Å². The van der Waals surface area contributed by atoms with Crippen LogP contribution in [-0.4, -0.2) is 29.1 Å². The van der Waals surface area contributed by atoms with Gasteiger partial charge in [-0.2, -0.15) is 0 Å². The molecule has 0 N–H and O–H groups in total. The van der Waals surface area contributed by atoms with Crippen molar-refractivity contribution in [2.75, 3.05) is 13.1 Å². The van der Waals surface area contributed by atoms with Gasteiger partial charge in [0.05, 0.1) is 0 Å². The molecule has 16 heavy (non-hydrogen) atoms. The van der Waals surface area contributed by atoms with E-state index in [0.29, 0.717) is 6.61 Å². The summed E-state index contributed by atoms with van der Waals surface area (Å²) in [4.78, 5) is 17.4. The van der Waals surface area contributed by atoms with E-state index in [-0.39, 0.29) is 6.09 Å². The molecule has 0 radical (unpaired) electrons. The largest absolute Gasteiger partial charge is 0.444 e. The van der Waals surface area contributed by atoms with Gasteiger partial charge in [0, 0.05) is 31.0 Å². The van der Waals surface area contributed by atoms with Crippen LogP contribution in [0.4, 0.5) is 4.79 Å². The van der Waals surface area contributed by atoms with Crippen LogP contribution in [0, 0.1) is 0 Å². The van der Waals surface area contributed by atoms with Crippen LogP contribution < -0.4 is 0 Å². The summed E-state index contributed by atoms with van der Waals surface area (Å²) < 4.78 is 5.21. The minimum atomic E-state index is -0.205. The fourth-order valence-electron chi connectivity index (χ4n) is 1.80. The Morgan fingerprint density at radius 3 is 2.88 bits per heavy atom. The van der Waals surface area contributed by atoms with Crippen molar-refractivity contribution in [1.29, 1.82) is 0 Å². The van der Waals surface area contributed by atoms with Crippen molar-refractivity contribution in [3.05, 3.63) is 30.1 Å². The first kappa shape index (κ1) is 10.9. The Hall–Kier alpha value is -1.58. The average Bonchev–Trinajstić information content (AvgIpc) is 2.38. The number of carbonyl (C=O) groups excluding carboxylic acids is 1. The molecule has 0 saturated carbocycles. The maximum atomic E-state index is 11.7. The van der Waals surface area contributed by atoms with Crippen LogP contribution in [0.3, 0.4) is 0 Å². The first-order chi connectivity index (χ1) is 7.86. The van der Waals surface area contributed by atoms with Crippen LogP contribution in [0.1, 0.15) is 24.8 Å². The summed E-state index contributed by atoms with van der Waals surface area (Å²) in [5, 5.41) is 0. The third kappa shape index (κ3) is 2.95. The monoisotopic (exact) mass is 220 g/mol. The second kappa shape index (κ2) is 5.49.